The van der Waals surface area contributed by atoms with E-state index in [9.17, 15) is 4.79 Å². The number of hydrogen-bond donors (Lipinski definition) is 1. The lowest BCUT2D eigenvalue weighted by molar-refractivity contribution is 0.0706. The first-order chi connectivity index (χ1) is 8.09. The van der Waals surface area contributed by atoms with Crippen molar-refractivity contribution in [3.63, 3.8) is 0 Å². The van der Waals surface area contributed by atoms with Gasteiger partial charge in [-0.2, -0.15) is 5.10 Å². The monoisotopic (exact) mass is 349 g/mol. The van der Waals surface area contributed by atoms with Gasteiger partial charge in [0.25, 0.3) is 5.91 Å². The fraction of sp³-hybridized carbons (Fsp3) is 0.636. The molecule has 2 heterocycles. The van der Waals surface area contributed by atoms with Gasteiger partial charge in [0.1, 0.15) is 5.69 Å². The summed E-state index contributed by atoms with van der Waals surface area (Å²) in [6, 6.07) is 0.0377. The van der Waals surface area contributed by atoms with Gasteiger partial charge < -0.3 is 10.1 Å². The van der Waals surface area contributed by atoms with Gasteiger partial charge in [0.2, 0.25) is 0 Å². The number of amides is 1. The first kappa shape index (κ1) is 12.8. The van der Waals surface area contributed by atoms with Gasteiger partial charge in [-0.25, -0.2) is 0 Å². The van der Waals surface area contributed by atoms with Crippen molar-refractivity contribution in [2.75, 3.05) is 6.61 Å². The van der Waals surface area contributed by atoms with Crippen molar-refractivity contribution < 1.29 is 9.53 Å². The molecule has 0 radical (unpaired) electrons. The quantitative estimate of drug-likeness (QED) is 0.838. The minimum absolute atomic E-state index is 0.0377. The van der Waals surface area contributed by atoms with Crippen LogP contribution in [-0.2, 0) is 11.8 Å². The molecule has 1 aliphatic heterocycles. The number of aromatic nitrogens is 2. The van der Waals surface area contributed by atoms with Crippen LogP contribution in [0.25, 0.3) is 0 Å². The first-order valence-corrected chi connectivity index (χ1v) is 6.77. The van der Waals surface area contributed by atoms with E-state index < -0.39 is 0 Å². The molecule has 94 valence electrons. The number of aryl methyl sites for hydroxylation is 1. The third-order valence-electron chi connectivity index (χ3n) is 2.99. The zero-order valence-electron chi connectivity index (χ0n) is 9.94. The maximum absolute atomic E-state index is 12.1. The SMILES string of the molecule is C[C@@H](NC(=O)c1c(I)cnn1C)[C@H]1CCCO1. The highest BCUT2D eigenvalue weighted by molar-refractivity contribution is 14.1. The third kappa shape index (κ3) is 2.79. The molecule has 6 heteroatoms. The molecule has 5 nitrogen and oxygen atoms in total. The fourth-order valence-corrected chi connectivity index (χ4v) is 2.75. The Kier molecular flexibility index (Phi) is 4.03. The highest BCUT2D eigenvalue weighted by Crippen LogP contribution is 2.16. The second kappa shape index (κ2) is 5.34. The predicted octanol–water partition coefficient (Wildman–Crippen LogP) is 1.32. The summed E-state index contributed by atoms with van der Waals surface area (Å²) in [5.74, 6) is -0.0857. The van der Waals surface area contributed by atoms with Crippen molar-refractivity contribution in [1.82, 2.24) is 15.1 Å². The zero-order chi connectivity index (χ0) is 12.4. The van der Waals surface area contributed by atoms with Crippen LogP contribution in [0.2, 0.25) is 0 Å². The van der Waals surface area contributed by atoms with Crippen LogP contribution in [0, 0.1) is 3.57 Å². The Hall–Kier alpha value is -0.630. The number of ether oxygens (including phenoxy) is 1. The van der Waals surface area contributed by atoms with Crippen molar-refractivity contribution in [2.24, 2.45) is 7.05 Å². The lowest BCUT2D eigenvalue weighted by Crippen LogP contribution is -2.41. The Labute approximate surface area is 114 Å². The van der Waals surface area contributed by atoms with E-state index in [1.165, 1.54) is 0 Å². The summed E-state index contributed by atoms with van der Waals surface area (Å²) in [6.07, 6.45) is 3.93. The summed E-state index contributed by atoms with van der Waals surface area (Å²) < 4.78 is 8.01. The summed E-state index contributed by atoms with van der Waals surface area (Å²) in [7, 11) is 1.77. The third-order valence-corrected chi connectivity index (χ3v) is 3.78. The number of carbonyl (C=O) groups is 1. The molecule has 1 amide bonds. The molecule has 17 heavy (non-hydrogen) atoms. The topological polar surface area (TPSA) is 56.2 Å². The smallest absolute Gasteiger partial charge is 0.270 e. The molecule has 0 spiro atoms. The molecule has 1 saturated heterocycles. The van der Waals surface area contributed by atoms with Crippen molar-refractivity contribution >= 4 is 28.5 Å². The van der Waals surface area contributed by atoms with Crippen LogP contribution in [0.3, 0.4) is 0 Å². The maximum atomic E-state index is 12.1. The van der Waals surface area contributed by atoms with Crippen LogP contribution in [0.5, 0.6) is 0 Å². The Bertz CT molecular complexity index is 393. The van der Waals surface area contributed by atoms with E-state index in [1.54, 1.807) is 17.9 Å². The molecule has 1 aromatic heterocycles. The molecular weight excluding hydrogens is 333 g/mol. The Morgan fingerprint density at radius 1 is 1.76 bits per heavy atom. The highest BCUT2D eigenvalue weighted by Gasteiger charge is 2.25. The Balaban J connectivity index is 2.01. The minimum atomic E-state index is -0.0857. The summed E-state index contributed by atoms with van der Waals surface area (Å²) >= 11 is 2.12. The average molecular weight is 349 g/mol. The number of halogens is 1. The van der Waals surface area contributed by atoms with E-state index in [1.807, 2.05) is 6.92 Å². The van der Waals surface area contributed by atoms with Gasteiger partial charge in [0.15, 0.2) is 0 Å². The van der Waals surface area contributed by atoms with Crippen molar-refractivity contribution in [3.8, 4) is 0 Å². The van der Waals surface area contributed by atoms with E-state index in [4.69, 9.17) is 4.74 Å². The van der Waals surface area contributed by atoms with E-state index in [0.29, 0.717) is 5.69 Å². The summed E-state index contributed by atoms with van der Waals surface area (Å²) in [5, 5.41) is 7.04. The molecule has 0 bridgehead atoms. The number of rotatable bonds is 3. The summed E-state index contributed by atoms with van der Waals surface area (Å²) in [6.45, 7) is 2.78. The molecule has 2 rings (SSSR count). The molecule has 0 saturated carbocycles. The van der Waals surface area contributed by atoms with E-state index in [2.05, 4.69) is 33.0 Å². The van der Waals surface area contributed by atoms with E-state index in [0.717, 1.165) is 23.0 Å². The highest BCUT2D eigenvalue weighted by atomic mass is 127. The average Bonchev–Trinajstić information content (AvgIpc) is 2.88. The Morgan fingerprint density at radius 2 is 2.53 bits per heavy atom. The Morgan fingerprint density at radius 3 is 3.06 bits per heavy atom. The molecule has 0 aromatic carbocycles. The second-order valence-electron chi connectivity index (χ2n) is 4.28. The minimum Gasteiger partial charge on any atom is -0.376 e. The number of carbonyl (C=O) groups excluding carboxylic acids is 1. The zero-order valence-corrected chi connectivity index (χ0v) is 12.1. The number of nitrogens with one attached hydrogen (secondary N) is 1. The van der Waals surface area contributed by atoms with Gasteiger partial charge in [-0.15, -0.1) is 0 Å². The lowest BCUT2D eigenvalue weighted by atomic mass is 10.1. The molecule has 0 aliphatic carbocycles. The standard InChI is InChI=1S/C11H16IN3O2/c1-7(9-4-3-5-17-9)14-11(16)10-8(12)6-13-15(10)2/h6-7,9H,3-5H2,1-2H3,(H,14,16)/t7-,9-/m1/s1. The number of hydrogen-bond acceptors (Lipinski definition) is 3. The van der Waals surface area contributed by atoms with Crippen LogP contribution in [0.4, 0.5) is 0 Å². The molecule has 1 N–H and O–H groups in total. The van der Waals surface area contributed by atoms with Crippen molar-refractivity contribution in [1.29, 1.82) is 0 Å². The van der Waals surface area contributed by atoms with E-state index >= 15 is 0 Å². The number of nitrogens with zero attached hydrogens (tertiary/aromatic N) is 2. The molecule has 0 unspecified atom stereocenters. The molecule has 1 aromatic rings. The summed E-state index contributed by atoms with van der Waals surface area (Å²) in [4.78, 5) is 12.1. The van der Waals surface area contributed by atoms with Crippen LogP contribution < -0.4 is 5.32 Å². The lowest BCUT2D eigenvalue weighted by Gasteiger charge is -2.20. The van der Waals surface area contributed by atoms with Crippen LogP contribution in [-0.4, -0.2) is 34.4 Å². The molecular formula is C11H16IN3O2. The van der Waals surface area contributed by atoms with Crippen LogP contribution in [0.15, 0.2) is 6.20 Å². The largest absolute Gasteiger partial charge is 0.376 e. The van der Waals surface area contributed by atoms with Crippen molar-refractivity contribution in [3.05, 3.63) is 15.5 Å². The molecule has 1 fully saturated rings. The predicted molar refractivity (Wildman–Crippen MR) is 71.8 cm³/mol. The van der Waals surface area contributed by atoms with Gasteiger partial charge in [-0.1, -0.05) is 0 Å². The first-order valence-electron chi connectivity index (χ1n) is 5.69. The van der Waals surface area contributed by atoms with Crippen molar-refractivity contribution in [2.45, 2.75) is 31.9 Å². The molecule has 1 aliphatic rings. The normalized spacial score (nSPS) is 21.5. The fourth-order valence-electron chi connectivity index (χ4n) is 2.03. The van der Waals surface area contributed by atoms with Crippen LogP contribution in [0.1, 0.15) is 30.3 Å². The maximum Gasteiger partial charge on any atom is 0.270 e. The van der Waals surface area contributed by atoms with Crippen LogP contribution >= 0.6 is 22.6 Å². The van der Waals surface area contributed by atoms with Gasteiger partial charge in [-0.3, -0.25) is 9.48 Å². The van der Waals surface area contributed by atoms with Gasteiger partial charge in [0.05, 0.1) is 21.9 Å². The molecule has 2 atom stereocenters. The second-order valence-corrected chi connectivity index (χ2v) is 5.44. The van der Waals surface area contributed by atoms with Gasteiger partial charge >= 0.3 is 0 Å². The summed E-state index contributed by atoms with van der Waals surface area (Å²) in [5.41, 5.74) is 0.607. The van der Waals surface area contributed by atoms with E-state index in [-0.39, 0.29) is 18.1 Å². The van der Waals surface area contributed by atoms with Gasteiger partial charge in [-0.05, 0) is 42.4 Å². The van der Waals surface area contributed by atoms with Gasteiger partial charge in [0, 0.05) is 13.7 Å².